The number of hydrogen-bond acceptors (Lipinski definition) is 3. The predicted octanol–water partition coefficient (Wildman–Crippen LogP) is 13.5. The summed E-state index contributed by atoms with van der Waals surface area (Å²) in [5.74, 6) is 0. The van der Waals surface area contributed by atoms with Crippen LogP contribution in [0.2, 0.25) is 0 Å². The van der Waals surface area contributed by atoms with E-state index in [0.717, 1.165) is 49.4 Å². The molecule has 218 valence electrons. The zero-order valence-electron chi connectivity index (χ0n) is 25.1. The SMILES string of the molecule is c1ccc2c(c1)oc1c2ccc2oc3ccc(-c4c5ccccc5c(-c5ccc6c(c5)sc5ccccc56)c5ccccc45)cc3c21. The van der Waals surface area contributed by atoms with Gasteiger partial charge in [0.25, 0.3) is 0 Å². The Morgan fingerprint density at radius 3 is 1.62 bits per heavy atom. The lowest BCUT2D eigenvalue weighted by Crippen LogP contribution is -1.90. The molecule has 0 saturated heterocycles. The van der Waals surface area contributed by atoms with Crippen molar-refractivity contribution in [2.45, 2.75) is 0 Å². The van der Waals surface area contributed by atoms with Crippen LogP contribution in [0.15, 0.2) is 154 Å². The van der Waals surface area contributed by atoms with Gasteiger partial charge in [0.05, 0.1) is 5.39 Å². The van der Waals surface area contributed by atoms with Crippen LogP contribution in [0.3, 0.4) is 0 Å². The first-order chi connectivity index (χ1) is 23.3. The molecule has 0 aliphatic carbocycles. The second-order valence-corrected chi connectivity index (χ2v) is 13.5. The largest absolute Gasteiger partial charge is 0.456 e. The minimum atomic E-state index is 0.838. The molecule has 0 N–H and O–H groups in total. The van der Waals surface area contributed by atoms with Crippen LogP contribution in [0.25, 0.3) is 108 Å². The van der Waals surface area contributed by atoms with Gasteiger partial charge in [0.2, 0.25) is 0 Å². The second kappa shape index (κ2) is 9.32. The van der Waals surface area contributed by atoms with Crippen molar-refractivity contribution >= 4 is 96.9 Å². The lowest BCUT2D eigenvalue weighted by atomic mass is 9.85. The van der Waals surface area contributed by atoms with Gasteiger partial charge in [-0.25, -0.2) is 0 Å². The summed E-state index contributed by atoms with van der Waals surface area (Å²) in [6.07, 6.45) is 0. The lowest BCUT2D eigenvalue weighted by molar-refractivity contribution is 0.663. The molecule has 11 aromatic rings. The highest BCUT2D eigenvalue weighted by Crippen LogP contribution is 2.47. The quantitative estimate of drug-likeness (QED) is 0.181. The molecule has 0 radical (unpaired) electrons. The maximum Gasteiger partial charge on any atom is 0.147 e. The van der Waals surface area contributed by atoms with Crippen molar-refractivity contribution in [1.82, 2.24) is 0 Å². The standard InChI is InChI=1S/C44H24O2S/c1-3-13-32-30(11-1)41(25-18-21-37-35(23-25)43-38(45-37)22-20-34-27-9-5-7-15-36(27)46-44(34)43)31-12-2-4-14-33(31)42(32)26-17-19-29-28-10-6-8-16-39(28)47-40(29)24-26/h1-24H. The van der Waals surface area contributed by atoms with Crippen LogP contribution in [0, 0.1) is 0 Å². The van der Waals surface area contributed by atoms with Crippen LogP contribution in [0.4, 0.5) is 0 Å². The fourth-order valence-electron chi connectivity index (χ4n) is 7.83. The molecule has 0 saturated carbocycles. The van der Waals surface area contributed by atoms with Crippen molar-refractivity contribution in [2.75, 3.05) is 0 Å². The van der Waals surface area contributed by atoms with Gasteiger partial charge in [-0.3, -0.25) is 0 Å². The van der Waals surface area contributed by atoms with E-state index in [4.69, 9.17) is 8.83 Å². The van der Waals surface area contributed by atoms with Gasteiger partial charge in [-0.1, -0.05) is 103 Å². The normalized spacial score (nSPS) is 12.3. The molecule has 8 aromatic carbocycles. The van der Waals surface area contributed by atoms with Crippen LogP contribution in [0.5, 0.6) is 0 Å². The molecule has 0 aliphatic rings. The minimum Gasteiger partial charge on any atom is -0.456 e. The van der Waals surface area contributed by atoms with Crippen LogP contribution < -0.4 is 0 Å². The highest BCUT2D eigenvalue weighted by atomic mass is 32.1. The van der Waals surface area contributed by atoms with Gasteiger partial charge in [-0.15, -0.1) is 11.3 Å². The van der Waals surface area contributed by atoms with Crippen LogP contribution in [-0.2, 0) is 0 Å². The summed E-state index contributed by atoms with van der Waals surface area (Å²) in [6, 6.07) is 52.5. The third-order valence-electron chi connectivity index (χ3n) is 9.87. The van der Waals surface area contributed by atoms with Gasteiger partial charge in [-0.2, -0.15) is 0 Å². The van der Waals surface area contributed by atoms with Crippen molar-refractivity contribution < 1.29 is 8.83 Å². The van der Waals surface area contributed by atoms with E-state index in [-0.39, 0.29) is 0 Å². The molecule has 0 spiro atoms. The molecule has 3 heteroatoms. The summed E-state index contributed by atoms with van der Waals surface area (Å²) in [4.78, 5) is 0. The summed E-state index contributed by atoms with van der Waals surface area (Å²) in [5.41, 5.74) is 8.38. The van der Waals surface area contributed by atoms with Crippen LogP contribution >= 0.6 is 11.3 Å². The Balaban J connectivity index is 1.21. The maximum absolute atomic E-state index is 6.47. The molecule has 0 atom stereocenters. The number of para-hydroxylation sites is 1. The molecule has 3 aromatic heterocycles. The molecule has 0 aliphatic heterocycles. The maximum atomic E-state index is 6.47. The first kappa shape index (κ1) is 25.3. The molecule has 0 bridgehead atoms. The summed E-state index contributed by atoms with van der Waals surface area (Å²) < 4.78 is 15.5. The molecule has 0 unspecified atom stereocenters. The average Bonchev–Trinajstić information content (AvgIpc) is 3.80. The molecule has 11 rings (SSSR count). The molecule has 3 heterocycles. The molecule has 0 fully saturated rings. The Labute approximate surface area is 272 Å². The molecular formula is C44H24O2S. The predicted molar refractivity (Wildman–Crippen MR) is 200 cm³/mol. The zero-order chi connectivity index (χ0) is 30.6. The van der Waals surface area contributed by atoms with Gasteiger partial charge in [0.15, 0.2) is 0 Å². The Morgan fingerprint density at radius 2 is 0.872 bits per heavy atom. The molecular weight excluding hydrogens is 593 g/mol. The smallest absolute Gasteiger partial charge is 0.147 e. The number of hydrogen-bond donors (Lipinski definition) is 0. The Bertz CT molecular complexity index is 3020. The van der Waals surface area contributed by atoms with E-state index in [9.17, 15) is 0 Å². The van der Waals surface area contributed by atoms with E-state index in [1.807, 2.05) is 23.5 Å². The highest BCUT2D eigenvalue weighted by molar-refractivity contribution is 7.25. The van der Waals surface area contributed by atoms with Crippen molar-refractivity contribution in [3.05, 3.63) is 146 Å². The number of thiophene rings is 1. The van der Waals surface area contributed by atoms with E-state index >= 15 is 0 Å². The molecule has 0 amide bonds. The van der Waals surface area contributed by atoms with Crippen LogP contribution in [-0.4, -0.2) is 0 Å². The first-order valence-corrected chi connectivity index (χ1v) is 16.7. The van der Waals surface area contributed by atoms with Crippen LogP contribution in [0.1, 0.15) is 0 Å². The fraction of sp³-hybridized carbons (Fsp3) is 0. The monoisotopic (exact) mass is 616 g/mol. The molecule has 2 nitrogen and oxygen atoms in total. The van der Waals surface area contributed by atoms with Gasteiger partial charge in [0.1, 0.15) is 22.3 Å². The zero-order valence-corrected chi connectivity index (χ0v) is 25.9. The number of fused-ring (bicyclic) bond motifs is 12. The molecule has 47 heavy (non-hydrogen) atoms. The summed E-state index contributed by atoms with van der Waals surface area (Å²) in [5, 5.41) is 11.9. The first-order valence-electron chi connectivity index (χ1n) is 15.9. The van der Waals surface area contributed by atoms with Gasteiger partial charge < -0.3 is 8.83 Å². The topological polar surface area (TPSA) is 26.3 Å². The Hall–Kier alpha value is -5.90. The number of benzene rings is 8. The number of furan rings is 2. The summed E-state index contributed by atoms with van der Waals surface area (Å²) in [7, 11) is 0. The van der Waals surface area contributed by atoms with E-state index in [0.29, 0.717) is 0 Å². The summed E-state index contributed by atoms with van der Waals surface area (Å²) >= 11 is 1.87. The van der Waals surface area contributed by atoms with E-state index in [1.54, 1.807) is 0 Å². The van der Waals surface area contributed by atoms with E-state index < -0.39 is 0 Å². The van der Waals surface area contributed by atoms with Crippen molar-refractivity contribution in [3.63, 3.8) is 0 Å². The third kappa shape index (κ3) is 3.49. The fourth-order valence-corrected chi connectivity index (χ4v) is 8.98. The van der Waals surface area contributed by atoms with Crippen molar-refractivity contribution in [2.24, 2.45) is 0 Å². The lowest BCUT2D eigenvalue weighted by Gasteiger charge is -2.18. The van der Waals surface area contributed by atoms with Crippen molar-refractivity contribution in [3.8, 4) is 22.3 Å². The average molecular weight is 617 g/mol. The second-order valence-electron chi connectivity index (χ2n) is 12.4. The Kier molecular flexibility index (Phi) is 5.02. The van der Waals surface area contributed by atoms with E-state index in [1.165, 1.54) is 58.4 Å². The van der Waals surface area contributed by atoms with Gasteiger partial charge in [0, 0.05) is 36.3 Å². The van der Waals surface area contributed by atoms with Crippen molar-refractivity contribution in [1.29, 1.82) is 0 Å². The van der Waals surface area contributed by atoms with Gasteiger partial charge >= 0.3 is 0 Å². The van der Waals surface area contributed by atoms with Gasteiger partial charge in [-0.05, 0) is 86.3 Å². The number of rotatable bonds is 2. The third-order valence-corrected chi connectivity index (χ3v) is 11.0. The van der Waals surface area contributed by atoms with E-state index in [2.05, 4.69) is 133 Å². The summed E-state index contributed by atoms with van der Waals surface area (Å²) in [6.45, 7) is 0. The highest BCUT2D eigenvalue weighted by Gasteiger charge is 2.20. The Morgan fingerprint density at radius 1 is 0.340 bits per heavy atom. The minimum absolute atomic E-state index is 0.838.